The van der Waals surface area contributed by atoms with Crippen LogP contribution in [0.3, 0.4) is 0 Å². The zero-order valence-corrected chi connectivity index (χ0v) is 21.3. The number of esters is 1. The molecule has 2 aromatic rings. The molecule has 0 aliphatic carbocycles. The van der Waals surface area contributed by atoms with Gasteiger partial charge in [-0.25, -0.2) is 4.79 Å². The fourth-order valence-corrected chi connectivity index (χ4v) is 5.57. The van der Waals surface area contributed by atoms with Crippen LogP contribution in [0.4, 0.5) is 0 Å². The van der Waals surface area contributed by atoms with E-state index in [1.807, 2.05) is 12.1 Å². The first kappa shape index (κ1) is 22.3. The van der Waals surface area contributed by atoms with E-state index in [1.165, 1.54) is 12.1 Å². The van der Waals surface area contributed by atoms with E-state index in [1.54, 1.807) is 20.8 Å². The van der Waals surface area contributed by atoms with E-state index in [-0.39, 0.29) is 16.6 Å². The van der Waals surface area contributed by atoms with Crippen molar-refractivity contribution in [2.45, 2.75) is 31.6 Å². The van der Waals surface area contributed by atoms with Crippen LogP contribution in [0.1, 0.15) is 41.3 Å². The molecule has 0 amide bonds. The number of ether oxygens (including phenoxy) is 1. The summed E-state index contributed by atoms with van der Waals surface area (Å²) >= 11 is 6.34. The number of hydrogen-bond donors (Lipinski definition) is 1. The second-order valence-electron chi connectivity index (χ2n) is 5.89. The molecule has 0 radical (unpaired) electrons. The number of halogens is 3. The van der Waals surface area contributed by atoms with Crippen LogP contribution in [0.2, 0.25) is 0 Å². The Morgan fingerprint density at radius 2 is 1.69 bits per heavy atom. The van der Waals surface area contributed by atoms with Gasteiger partial charge in [0.25, 0.3) is 10.1 Å². The van der Waals surface area contributed by atoms with Gasteiger partial charge in [0.1, 0.15) is 5.75 Å². The fourth-order valence-electron chi connectivity index (χ4n) is 2.33. The average molecular weight is 712 g/mol. The minimum absolute atomic E-state index is 0.164. The standard InChI is InChI=1S/C17H15I3O5S/c1-8(2)10-7-13(9(3)6-14(10)26(22,23)24)25-17(21)15-11(18)4-5-12(19)16(15)20/h4-8H,1-3H3,(H,22,23,24). The average Bonchev–Trinajstić information content (AvgIpc) is 2.51. The Bertz CT molecular complexity index is 984. The molecule has 140 valence electrons. The molecule has 0 atom stereocenters. The first-order valence-electron chi connectivity index (χ1n) is 7.41. The summed E-state index contributed by atoms with van der Waals surface area (Å²) in [6, 6.07) is 6.60. The van der Waals surface area contributed by atoms with Gasteiger partial charge in [-0.3, -0.25) is 4.55 Å². The molecule has 0 aliphatic rings. The summed E-state index contributed by atoms with van der Waals surface area (Å²) in [7, 11) is -4.36. The maximum absolute atomic E-state index is 12.7. The Hall–Kier alpha value is 0.0100. The van der Waals surface area contributed by atoms with Crippen LogP contribution in [0, 0.1) is 17.6 Å². The fraction of sp³-hybridized carbons (Fsp3) is 0.235. The number of rotatable bonds is 4. The second-order valence-corrected chi connectivity index (χ2v) is 10.7. The van der Waals surface area contributed by atoms with Crippen LogP contribution in [0.25, 0.3) is 0 Å². The molecule has 0 aromatic heterocycles. The predicted octanol–water partition coefficient (Wildman–Crippen LogP) is 5.40. The van der Waals surface area contributed by atoms with E-state index in [9.17, 15) is 17.8 Å². The lowest BCUT2D eigenvalue weighted by molar-refractivity contribution is 0.0731. The molecule has 0 aliphatic heterocycles. The summed E-state index contributed by atoms with van der Waals surface area (Å²) in [5.41, 5.74) is 1.32. The van der Waals surface area contributed by atoms with E-state index in [0.29, 0.717) is 16.7 Å². The highest BCUT2D eigenvalue weighted by molar-refractivity contribution is 14.1. The van der Waals surface area contributed by atoms with Gasteiger partial charge in [-0.1, -0.05) is 13.8 Å². The van der Waals surface area contributed by atoms with E-state index >= 15 is 0 Å². The zero-order valence-electron chi connectivity index (χ0n) is 14.0. The molecule has 2 rings (SSSR count). The number of carbonyl (C=O) groups excluding carboxylic acids is 1. The Labute approximate surface area is 193 Å². The minimum atomic E-state index is -4.36. The van der Waals surface area contributed by atoms with Crippen molar-refractivity contribution < 1.29 is 22.5 Å². The van der Waals surface area contributed by atoms with E-state index < -0.39 is 16.1 Å². The van der Waals surface area contributed by atoms with Gasteiger partial charge in [0.15, 0.2) is 0 Å². The lowest BCUT2D eigenvalue weighted by Gasteiger charge is -2.16. The number of aryl methyl sites for hydroxylation is 1. The molecular formula is C17H15I3O5S. The van der Waals surface area contributed by atoms with Crippen LogP contribution in [0.15, 0.2) is 29.2 Å². The molecule has 0 saturated carbocycles. The van der Waals surface area contributed by atoms with Crippen molar-refractivity contribution in [1.29, 1.82) is 0 Å². The zero-order chi connectivity index (χ0) is 19.8. The van der Waals surface area contributed by atoms with E-state index in [2.05, 4.69) is 67.8 Å². The topological polar surface area (TPSA) is 80.7 Å². The Balaban J connectivity index is 2.53. The third-order valence-corrected chi connectivity index (χ3v) is 8.52. The lowest BCUT2D eigenvalue weighted by atomic mass is 10.0. The van der Waals surface area contributed by atoms with Crippen molar-refractivity contribution in [2.24, 2.45) is 0 Å². The predicted molar refractivity (Wildman–Crippen MR) is 125 cm³/mol. The largest absolute Gasteiger partial charge is 0.423 e. The SMILES string of the molecule is Cc1cc(S(=O)(=O)O)c(C(C)C)cc1OC(=O)c1c(I)ccc(I)c1I. The molecule has 26 heavy (non-hydrogen) atoms. The van der Waals surface area contributed by atoms with Crippen LogP contribution in [0.5, 0.6) is 5.75 Å². The summed E-state index contributed by atoms with van der Waals surface area (Å²) in [4.78, 5) is 12.6. The third-order valence-electron chi connectivity index (χ3n) is 3.66. The highest BCUT2D eigenvalue weighted by atomic mass is 127. The summed E-state index contributed by atoms with van der Waals surface area (Å²) in [5.74, 6) is -0.408. The van der Waals surface area contributed by atoms with Crippen molar-refractivity contribution in [1.82, 2.24) is 0 Å². The molecule has 0 fully saturated rings. The number of benzene rings is 2. The van der Waals surface area contributed by atoms with E-state index in [0.717, 1.165) is 10.7 Å². The van der Waals surface area contributed by atoms with Gasteiger partial charge in [-0.15, -0.1) is 0 Å². The van der Waals surface area contributed by atoms with Gasteiger partial charge < -0.3 is 4.74 Å². The highest BCUT2D eigenvalue weighted by Crippen LogP contribution is 2.32. The van der Waals surface area contributed by atoms with Crippen molar-refractivity contribution in [3.05, 3.63) is 51.7 Å². The summed E-state index contributed by atoms with van der Waals surface area (Å²) in [6.45, 7) is 5.23. The summed E-state index contributed by atoms with van der Waals surface area (Å²) < 4.78 is 40.8. The third kappa shape index (κ3) is 4.89. The molecule has 0 unspecified atom stereocenters. The van der Waals surface area contributed by atoms with E-state index in [4.69, 9.17) is 4.74 Å². The van der Waals surface area contributed by atoms with Crippen molar-refractivity contribution in [2.75, 3.05) is 0 Å². The minimum Gasteiger partial charge on any atom is -0.423 e. The molecule has 1 N–H and O–H groups in total. The molecule has 9 heteroatoms. The lowest BCUT2D eigenvalue weighted by Crippen LogP contribution is -2.15. The molecule has 0 spiro atoms. The molecule has 2 aromatic carbocycles. The smallest absolute Gasteiger partial charge is 0.345 e. The molecule has 5 nitrogen and oxygen atoms in total. The molecule has 0 bridgehead atoms. The van der Waals surface area contributed by atoms with Crippen LogP contribution in [-0.2, 0) is 10.1 Å². The maximum atomic E-state index is 12.7. The quantitative estimate of drug-likeness (QED) is 0.151. The molecule has 0 heterocycles. The van der Waals surface area contributed by atoms with Gasteiger partial charge in [0.2, 0.25) is 0 Å². The van der Waals surface area contributed by atoms with Gasteiger partial charge in [0.05, 0.1) is 10.5 Å². The monoisotopic (exact) mass is 712 g/mol. The first-order chi connectivity index (χ1) is 11.9. The highest BCUT2D eigenvalue weighted by Gasteiger charge is 2.23. The Kier molecular flexibility index (Phi) is 7.35. The molecular weight excluding hydrogens is 697 g/mol. The molecule has 0 saturated heterocycles. The van der Waals surface area contributed by atoms with Gasteiger partial charge in [-0.05, 0) is 116 Å². The van der Waals surface area contributed by atoms with Crippen LogP contribution >= 0.6 is 67.8 Å². The normalized spacial score (nSPS) is 11.7. The van der Waals surface area contributed by atoms with Crippen LogP contribution < -0.4 is 4.74 Å². The summed E-state index contributed by atoms with van der Waals surface area (Å²) in [5, 5.41) is 0. The Morgan fingerprint density at radius 1 is 1.12 bits per heavy atom. The van der Waals surface area contributed by atoms with Crippen molar-refractivity contribution in [3.63, 3.8) is 0 Å². The van der Waals surface area contributed by atoms with Crippen molar-refractivity contribution in [3.8, 4) is 5.75 Å². The Morgan fingerprint density at radius 3 is 2.23 bits per heavy atom. The van der Waals surface area contributed by atoms with Gasteiger partial charge in [-0.2, -0.15) is 8.42 Å². The number of hydrogen-bond acceptors (Lipinski definition) is 4. The second kappa shape index (κ2) is 8.57. The van der Waals surface area contributed by atoms with Gasteiger partial charge >= 0.3 is 5.97 Å². The number of carbonyl (C=O) groups is 1. The maximum Gasteiger partial charge on any atom is 0.345 e. The van der Waals surface area contributed by atoms with Gasteiger partial charge in [0, 0.05) is 10.7 Å². The van der Waals surface area contributed by atoms with Crippen molar-refractivity contribution >= 4 is 83.9 Å². The summed E-state index contributed by atoms with van der Waals surface area (Å²) in [6.07, 6.45) is 0. The first-order valence-corrected chi connectivity index (χ1v) is 12.1. The van der Waals surface area contributed by atoms with Crippen LogP contribution in [-0.4, -0.2) is 18.9 Å².